The number of aromatic hydroxyl groups is 1. The summed E-state index contributed by atoms with van der Waals surface area (Å²) < 4.78 is 0. The number of benzene rings is 3. The van der Waals surface area contributed by atoms with Crippen LogP contribution in [-0.4, -0.2) is 21.0 Å². The van der Waals surface area contributed by atoms with Crippen LogP contribution in [0.4, 0.5) is 0 Å². The highest BCUT2D eigenvalue weighted by Gasteiger charge is 2.44. The highest BCUT2D eigenvalue weighted by Crippen LogP contribution is 2.47. The second kappa shape index (κ2) is 7.26. The Balaban J connectivity index is 1.66. The van der Waals surface area contributed by atoms with Crippen LogP contribution in [0.2, 0.25) is 0 Å². The van der Waals surface area contributed by atoms with Gasteiger partial charge in [0.05, 0.1) is 5.70 Å². The van der Waals surface area contributed by atoms with E-state index in [4.69, 9.17) is 4.99 Å². The van der Waals surface area contributed by atoms with E-state index >= 15 is 0 Å². The van der Waals surface area contributed by atoms with E-state index in [-0.39, 0.29) is 11.5 Å². The van der Waals surface area contributed by atoms with Crippen LogP contribution in [0.1, 0.15) is 28.8 Å². The van der Waals surface area contributed by atoms with Crippen LogP contribution in [0.3, 0.4) is 0 Å². The smallest absolute Gasteiger partial charge is 0.189 e. The van der Waals surface area contributed by atoms with Crippen molar-refractivity contribution in [2.45, 2.75) is 12.1 Å². The Morgan fingerprint density at radius 2 is 1.52 bits per heavy atom. The first-order valence-electron chi connectivity index (χ1n) is 9.40. The maximum Gasteiger partial charge on any atom is 0.189 e. The van der Waals surface area contributed by atoms with Gasteiger partial charge < -0.3 is 10.0 Å². The molecule has 142 valence electrons. The summed E-state index contributed by atoms with van der Waals surface area (Å²) in [7, 11) is 0. The van der Waals surface area contributed by atoms with Gasteiger partial charge in [0.25, 0.3) is 0 Å². The van der Waals surface area contributed by atoms with Crippen LogP contribution in [0, 0.1) is 0 Å². The molecule has 2 heterocycles. The lowest BCUT2D eigenvalue weighted by Gasteiger charge is -2.37. The number of para-hydroxylation sites is 1. The first-order chi connectivity index (χ1) is 14.2. The lowest BCUT2D eigenvalue weighted by Crippen LogP contribution is -2.40. The Morgan fingerprint density at radius 3 is 2.24 bits per heavy atom. The number of amidine groups is 1. The molecule has 0 bridgehead atoms. The summed E-state index contributed by atoms with van der Waals surface area (Å²) in [5.74, 6) is 0.0421. The van der Waals surface area contributed by atoms with Gasteiger partial charge in [-0.1, -0.05) is 90.6 Å². The number of Topliss-reactive ketones (excluding diaryl/α,β-unsaturated/α-hetero) is 1. The van der Waals surface area contributed by atoms with Crippen LogP contribution in [0.5, 0.6) is 5.75 Å². The summed E-state index contributed by atoms with van der Waals surface area (Å²) >= 11 is 1.51. The second-order valence-electron chi connectivity index (χ2n) is 6.95. The van der Waals surface area contributed by atoms with E-state index in [0.717, 1.165) is 22.0 Å². The lowest BCUT2D eigenvalue weighted by atomic mass is 9.90. The molecule has 0 amide bonds. The molecule has 2 unspecified atom stereocenters. The van der Waals surface area contributed by atoms with E-state index in [9.17, 15) is 9.90 Å². The molecule has 5 rings (SSSR count). The standard InChI is InChI=1S/C24H18N2O2S/c27-20-14-8-7-13-18(20)21-23(28)22(17-11-5-2-6-12-17)26-19(15-29-24(26)25-21)16-9-3-1-4-10-16/h1-15,21-22,27H. The maximum atomic E-state index is 13.7. The van der Waals surface area contributed by atoms with E-state index in [0.29, 0.717) is 5.56 Å². The minimum absolute atomic E-state index is 0.0502. The fraction of sp³-hybridized carbons (Fsp3) is 0.0833. The first kappa shape index (κ1) is 17.8. The van der Waals surface area contributed by atoms with Crippen LogP contribution < -0.4 is 0 Å². The average molecular weight is 398 g/mol. The summed E-state index contributed by atoms with van der Waals surface area (Å²) in [5, 5.41) is 13.2. The van der Waals surface area contributed by atoms with E-state index in [2.05, 4.69) is 0 Å². The fourth-order valence-corrected chi connectivity index (χ4v) is 4.77. The number of rotatable bonds is 3. The van der Waals surface area contributed by atoms with E-state index in [1.807, 2.05) is 77.0 Å². The van der Waals surface area contributed by atoms with Crippen molar-refractivity contribution in [2.75, 3.05) is 0 Å². The van der Waals surface area contributed by atoms with Gasteiger partial charge in [-0.05, 0) is 17.2 Å². The van der Waals surface area contributed by atoms with Crippen molar-refractivity contribution in [2.24, 2.45) is 4.99 Å². The number of phenols is 1. The fourth-order valence-electron chi connectivity index (χ4n) is 3.82. The summed E-state index contributed by atoms with van der Waals surface area (Å²) in [6, 6.07) is 25.5. The lowest BCUT2D eigenvalue weighted by molar-refractivity contribution is -0.124. The molecule has 0 aromatic heterocycles. The van der Waals surface area contributed by atoms with Crippen LogP contribution >= 0.6 is 11.8 Å². The number of fused-ring (bicyclic) bond motifs is 1. The number of hydrogen-bond acceptors (Lipinski definition) is 5. The van der Waals surface area contributed by atoms with Crippen molar-refractivity contribution >= 4 is 28.4 Å². The van der Waals surface area contributed by atoms with Crippen LogP contribution in [0.25, 0.3) is 5.70 Å². The molecule has 0 aliphatic carbocycles. The Bertz CT molecular complexity index is 1130. The highest BCUT2D eigenvalue weighted by atomic mass is 32.2. The van der Waals surface area contributed by atoms with Gasteiger partial charge in [0.2, 0.25) is 0 Å². The summed E-state index contributed by atoms with van der Waals surface area (Å²) in [5.41, 5.74) is 3.46. The number of hydrogen-bond donors (Lipinski definition) is 1. The number of thioether (sulfide) groups is 1. The molecule has 0 spiro atoms. The number of nitrogens with zero attached hydrogens (tertiary/aromatic N) is 2. The predicted molar refractivity (Wildman–Crippen MR) is 116 cm³/mol. The van der Waals surface area contributed by atoms with Crippen molar-refractivity contribution in [3.8, 4) is 5.75 Å². The van der Waals surface area contributed by atoms with E-state index in [1.165, 1.54) is 11.8 Å². The molecule has 4 nitrogen and oxygen atoms in total. The van der Waals surface area contributed by atoms with Gasteiger partial charge in [-0.3, -0.25) is 4.79 Å². The third-order valence-corrected chi connectivity index (χ3v) is 6.05. The Labute approximate surface area is 173 Å². The zero-order valence-electron chi connectivity index (χ0n) is 15.5. The topological polar surface area (TPSA) is 52.9 Å². The highest BCUT2D eigenvalue weighted by molar-refractivity contribution is 8.16. The molecule has 2 aliphatic heterocycles. The monoisotopic (exact) mass is 398 g/mol. The van der Waals surface area contributed by atoms with Gasteiger partial charge in [-0.15, -0.1) is 0 Å². The van der Waals surface area contributed by atoms with Crippen molar-refractivity contribution in [3.63, 3.8) is 0 Å². The number of carbonyl (C=O) groups is 1. The van der Waals surface area contributed by atoms with Crippen LogP contribution in [0.15, 0.2) is 95.3 Å². The van der Waals surface area contributed by atoms with Crippen molar-refractivity contribution in [1.29, 1.82) is 0 Å². The average Bonchev–Trinajstić information content (AvgIpc) is 3.18. The molecule has 0 saturated heterocycles. The number of phenolic OH excluding ortho intramolecular Hbond substituents is 1. The van der Waals surface area contributed by atoms with E-state index < -0.39 is 12.1 Å². The molecule has 29 heavy (non-hydrogen) atoms. The molecule has 2 atom stereocenters. The molecule has 3 aromatic rings. The van der Waals surface area contributed by atoms with Gasteiger partial charge in [-0.2, -0.15) is 0 Å². The second-order valence-corrected chi connectivity index (χ2v) is 7.78. The molecule has 0 fully saturated rings. The van der Waals surface area contributed by atoms with Gasteiger partial charge in [0, 0.05) is 11.0 Å². The predicted octanol–water partition coefficient (Wildman–Crippen LogP) is 5.16. The zero-order chi connectivity index (χ0) is 19.8. The van der Waals surface area contributed by atoms with Crippen molar-refractivity contribution < 1.29 is 9.90 Å². The molecule has 3 aromatic carbocycles. The summed E-state index contributed by atoms with van der Waals surface area (Å²) in [6.45, 7) is 0. The quantitative estimate of drug-likeness (QED) is 0.662. The minimum atomic E-state index is -0.733. The normalized spacial score (nSPS) is 20.8. The molecular formula is C24H18N2O2S. The van der Waals surface area contributed by atoms with Gasteiger partial charge in [-0.25, -0.2) is 4.99 Å². The Kier molecular flexibility index (Phi) is 4.45. The summed E-state index contributed by atoms with van der Waals surface area (Å²) in [4.78, 5) is 20.5. The third kappa shape index (κ3) is 3.04. The molecular weight excluding hydrogens is 380 g/mol. The van der Waals surface area contributed by atoms with Crippen molar-refractivity contribution in [1.82, 2.24) is 4.90 Å². The van der Waals surface area contributed by atoms with Gasteiger partial charge in [0.15, 0.2) is 11.0 Å². The van der Waals surface area contributed by atoms with Crippen LogP contribution in [-0.2, 0) is 4.79 Å². The minimum Gasteiger partial charge on any atom is -0.508 e. The first-order valence-corrected chi connectivity index (χ1v) is 10.3. The molecule has 0 saturated carbocycles. The van der Waals surface area contributed by atoms with Crippen molar-refractivity contribution in [3.05, 3.63) is 107 Å². The molecule has 5 heteroatoms. The number of aliphatic imine (C=N–C) groups is 1. The largest absolute Gasteiger partial charge is 0.508 e. The SMILES string of the molecule is O=C1C(c2ccccc2O)N=C2SC=C(c3ccccc3)N2C1c1ccccc1. The Hall–Kier alpha value is -3.31. The number of ketones is 1. The van der Waals surface area contributed by atoms with Gasteiger partial charge >= 0.3 is 0 Å². The number of carbonyl (C=O) groups excluding carboxylic acids is 1. The molecule has 1 N–H and O–H groups in total. The molecule has 2 aliphatic rings. The third-order valence-electron chi connectivity index (χ3n) is 5.19. The van der Waals surface area contributed by atoms with Gasteiger partial charge in [0.1, 0.15) is 17.8 Å². The molecule has 0 radical (unpaired) electrons. The summed E-state index contributed by atoms with van der Waals surface area (Å²) in [6.07, 6.45) is 0. The zero-order valence-corrected chi connectivity index (χ0v) is 16.3. The Morgan fingerprint density at radius 1 is 0.862 bits per heavy atom. The maximum absolute atomic E-state index is 13.7. The van der Waals surface area contributed by atoms with E-state index in [1.54, 1.807) is 18.2 Å².